The maximum Gasteiger partial charge on any atom is 0.119 e. The summed E-state index contributed by atoms with van der Waals surface area (Å²) in [5.74, 6) is 3.06. The fraction of sp³-hybridized carbons (Fsp3) is 0.500. The van der Waals surface area contributed by atoms with Gasteiger partial charge in [-0.25, -0.2) is 0 Å². The number of benzene rings is 2. The summed E-state index contributed by atoms with van der Waals surface area (Å²) in [5, 5.41) is 3.61. The summed E-state index contributed by atoms with van der Waals surface area (Å²) >= 11 is 0. The quantitative estimate of drug-likeness (QED) is 0.538. The zero-order chi connectivity index (χ0) is 23.1. The maximum atomic E-state index is 5.81. The van der Waals surface area contributed by atoms with Crippen LogP contribution in [0, 0.1) is 18.8 Å². The Balaban J connectivity index is 1.65. The number of aryl methyl sites for hydroxylation is 1. The molecule has 1 aliphatic heterocycles. The number of hydrogen-bond donors (Lipinski definition) is 1. The Morgan fingerprint density at radius 3 is 2.41 bits per heavy atom. The highest BCUT2D eigenvalue weighted by atomic mass is 16.5. The number of ether oxygens (including phenoxy) is 1. The van der Waals surface area contributed by atoms with Crippen LogP contribution in [-0.2, 0) is 13.1 Å². The van der Waals surface area contributed by atoms with Crippen molar-refractivity contribution in [2.45, 2.75) is 53.2 Å². The zero-order valence-electron chi connectivity index (χ0n) is 20.6. The Hall–Kier alpha value is -2.46. The molecule has 0 aliphatic carbocycles. The molecule has 1 heterocycles. The van der Waals surface area contributed by atoms with Crippen LogP contribution in [0.1, 0.15) is 43.9 Å². The van der Waals surface area contributed by atoms with Crippen LogP contribution in [0.15, 0.2) is 60.9 Å². The fourth-order valence-electron chi connectivity index (χ4n) is 4.38. The van der Waals surface area contributed by atoms with Gasteiger partial charge in [0.25, 0.3) is 0 Å². The highest BCUT2D eigenvalue weighted by Gasteiger charge is 2.30. The minimum Gasteiger partial charge on any atom is -0.493 e. The van der Waals surface area contributed by atoms with Gasteiger partial charge in [0.2, 0.25) is 0 Å². The van der Waals surface area contributed by atoms with Gasteiger partial charge < -0.3 is 19.9 Å². The molecule has 1 saturated heterocycles. The molecule has 0 radical (unpaired) electrons. The minimum absolute atomic E-state index is 0.485. The Kier molecular flexibility index (Phi) is 8.63. The van der Waals surface area contributed by atoms with Crippen LogP contribution in [-0.4, -0.2) is 42.6 Å². The molecule has 1 N–H and O–H groups in total. The minimum atomic E-state index is 0.485. The van der Waals surface area contributed by atoms with Crippen molar-refractivity contribution in [3.05, 3.63) is 77.6 Å². The average molecular weight is 436 g/mol. The Morgan fingerprint density at radius 2 is 1.78 bits per heavy atom. The fourth-order valence-corrected chi connectivity index (χ4v) is 4.38. The summed E-state index contributed by atoms with van der Waals surface area (Å²) in [6, 6.07) is 17.8. The molecule has 0 spiro atoms. The summed E-state index contributed by atoms with van der Waals surface area (Å²) < 4.78 is 5.81. The topological polar surface area (TPSA) is 27.7 Å². The van der Waals surface area contributed by atoms with Crippen LogP contribution >= 0.6 is 0 Å². The molecule has 2 unspecified atom stereocenters. The van der Waals surface area contributed by atoms with Crippen LogP contribution in [0.3, 0.4) is 0 Å². The number of piperidine rings is 1. The summed E-state index contributed by atoms with van der Waals surface area (Å²) in [4.78, 5) is 4.92. The Labute approximate surface area is 195 Å². The number of likely N-dealkylation sites (tertiary alicyclic amines) is 1. The van der Waals surface area contributed by atoms with Crippen molar-refractivity contribution >= 4 is 0 Å². The van der Waals surface area contributed by atoms with Gasteiger partial charge in [-0.2, -0.15) is 0 Å². The lowest BCUT2D eigenvalue weighted by Crippen LogP contribution is -2.50. The second kappa shape index (κ2) is 11.4. The van der Waals surface area contributed by atoms with Gasteiger partial charge in [-0.3, -0.25) is 0 Å². The molecule has 1 fully saturated rings. The number of hydrogen-bond acceptors (Lipinski definition) is 4. The zero-order valence-corrected chi connectivity index (χ0v) is 20.6. The van der Waals surface area contributed by atoms with Crippen molar-refractivity contribution in [1.29, 1.82) is 0 Å². The predicted molar refractivity (Wildman–Crippen MR) is 135 cm³/mol. The molecule has 3 rings (SSSR count). The summed E-state index contributed by atoms with van der Waals surface area (Å²) in [7, 11) is 2.22. The van der Waals surface area contributed by atoms with Crippen LogP contribution in [0.4, 0.5) is 0 Å². The van der Waals surface area contributed by atoms with Gasteiger partial charge >= 0.3 is 0 Å². The maximum absolute atomic E-state index is 5.81. The molecule has 2 aromatic carbocycles. The second-order valence-electron chi connectivity index (χ2n) is 9.86. The van der Waals surface area contributed by atoms with E-state index in [0.29, 0.717) is 17.9 Å². The molecule has 2 atom stereocenters. The van der Waals surface area contributed by atoms with Crippen LogP contribution in [0.5, 0.6) is 5.75 Å². The third kappa shape index (κ3) is 7.03. The molecule has 4 nitrogen and oxygen atoms in total. The molecular formula is C28H41N3O. The highest BCUT2D eigenvalue weighted by Crippen LogP contribution is 2.26. The van der Waals surface area contributed by atoms with Gasteiger partial charge in [0, 0.05) is 25.7 Å². The first-order valence-corrected chi connectivity index (χ1v) is 12.0. The van der Waals surface area contributed by atoms with Crippen LogP contribution < -0.4 is 10.1 Å². The van der Waals surface area contributed by atoms with Gasteiger partial charge in [0.15, 0.2) is 0 Å². The first-order valence-electron chi connectivity index (χ1n) is 12.0. The lowest BCUT2D eigenvalue weighted by molar-refractivity contribution is 0.0890. The summed E-state index contributed by atoms with van der Waals surface area (Å²) in [6.45, 7) is 17.9. The first-order chi connectivity index (χ1) is 15.3. The van der Waals surface area contributed by atoms with Gasteiger partial charge in [0.05, 0.1) is 12.4 Å². The van der Waals surface area contributed by atoms with Crippen molar-refractivity contribution in [3.8, 4) is 5.75 Å². The second-order valence-corrected chi connectivity index (χ2v) is 9.86. The van der Waals surface area contributed by atoms with E-state index >= 15 is 0 Å². The van der Waals surface area contributed by atoms with E-state index in [4.69, 9.17) is 4.74 Å². The van der Waals surface area contributed by atoms with Gasteiger partial charge in [0.1, 0.15) is 5.75 Å². The molecule has 1 aliphatic rings. The third-order valence-electron chi connectivity index (χ3n) is 6.29. The smallest absolute Gasteiger partial charge is 0.119 e. The van der Waals surface area contributed by atoms with E-state index < -0.39 is 0 Å². The predicted octanol–water partition coefficient (Wildman–Crippen LogP) is 5.43. The molecule has 32 heavy (non-hydrogen) atoms. The van der Waals surface area contributed by atoms with E-state index in [9.17, 15) is 0 Å². The van der Waals surface area contributed by atoms with E-state index in [1.165, 1.54) is 16.7 Å². The lowest BCUT2D eigenvalue weighted by Gasteiger charge is -2.43. The van der Waals surface area contributed by atoms with Gasteiger partial charge in [-0.1, -0.05) is 69.3 Å². The largest absolute Gasteiger partial charge is 0.493 e. The first kappa shape index (κ1) is 24.2. The highest BCUT2D eigenvalue weighted by molar-refractivity contribution is 5.27. The number of rotatable bonds is 10. The van der Waals surface area contributed by atoms with E-state index in [0.717, 1.165) is 50.8 Å². The van der Waals surface area contributed by atoms with E-state index in [1.54, 1.807) is 0 Å². The van der Waals surface area contributed by atoms with Crippen molar-refractivity contribution in [1.82, 2.24) is 15.1 Å². The molecule has 0 bridgehead atoms. The summed E-state index contributed by atoms with van der Waals surface area (Å²) in [5.41, 5.74) is 3.86. The number of nitrogens with zero attached hydrogens (tertiary/aromatic N) is 2. The van der Waals surface area contributed by atoms with Crippen LogP contribution in [0.2, 0.25) is 0 Å². The monoisotopic (exact) mass is 435 g/mol. The molecular weight excluding hydrogens is 394 g/mol. The molecule has 174 valence electrons. The summed E-state index contributed by atoms with van der Waals surface area (Å²) in [6.07, 6.45) is 1.16. The normalized spacial score (nSPS) is 19.1. The van der Waals surface area contributed by atoms with E-state index in [2.05, 4.69) is 105 Å². The van der Waals surface area contributed by atoms with Crippen molar-refractivity contribution < 1.29 is 4.74 Å². The molecule has 0 amide bonds. The van der Waals surface area contributed by atoms with Crippen molar-refractivity contribution in [2.75, 3.05) is 26.7 Å². The SMILES string of the molecule is C=C(NCc1ccc(OCC(C)C)cc1)N(Cc1ccc(C)cc1)C1CCN(C)CC1C. The number of nitrogens with one attached hydrogen (secondary N) is 1. The van der Waals surface area contributed by atoms with E-state index in [-0.39, 0.29) is 0 Å². The Morgan fingerprint density at radius 1 is 1.12 bits per heavy atom. The average Bonchev–Trinajstić information content (AvgIpc) is 2.77. The standard InChI is InChI=1S/C28H41N3O/c1-21(2)20-32-27-13-11-25(12-14-27)17-29-24(5)31(19-26-9-7-22(3)8-10-26)28-15-16-30(6)18-23(28)4/h7-14,21,23,28-29H,5,15-20H2,1-4,6H3. The van der Waals surface area contributed by atoms with Crippen LogP contribution in [0.25, 0.3) is 0 Å². The molecule has 0 saturated carbocycles. The molecule has 4 heteroatoms. The van der Waals surface area contributed by atoms with Gasteiger partial charge in [-0.05, 0) is 62.0 Å². The Bertz CT molecular complexity index is 844. The molecule has 0 aromatic heterocycles. The van der Waals surface area contributed by atoms with Gasteiger partial charge in [-0.15, -0.1) is 0 Å². The molecule has 2 aromatic rings. The van der Waals surface area contributed by atoms with E-state index in [1.807, 2.05) is 0 Å². The van der Waals surface area contributed by atoms with Crippen molar-refractivity contribution in [2.24, 2.45) is 11.8 Å². The van der Waals surface area contributed by atoms with Crippen molar-refractivity contribution in [3.63, 3.8) is 0 Å². The lowest BCUT2D eigenvalue weighted by atomic mass is 9.92. The third-order valence-corrected chi connectivity index (χ3v) is 6.29.